The topological polar surface area (TPSA) is 84.5 Å². The van der Waals surface area contributed by atoms with Crippen LogP contribution in [-0.2, 0) is 6.42 Å². The third-order valence-electron chi connectivity index (χ3n) is 2.84. The van der Waals surface area contributed by atoms with Gasteiger partial charge in [0, 0.05) is 6.54 Å². The van der Waals surface area contributed by atoms with Gasteiger partial charge in [0.2, 0.25) is 0 Å². The standard InChI is InChI=1S/C13H16N4O/c1-13(2,8-14)15-6-5-9-3-4-10-11(7-9)17-12(18)16-10/h3-4,7,15H,5-6H2,1-2H3,(H2,16,17,18). The second-order valence-corrected chi connectivity index (χ2v) is 4.87. The molecule has 0 amide bonds. The van der Waals surface area contributed by atoms with E-state index in [9.17, 15) is 4.79 Å². The molecule has 0 aliphatic heterocycles. The highest BCUT2D eigenvalue weighted by Gasteiger charge is 2.14. The summed E-state index contributed by atoms with van der Waals surface area (Å²) in [5.41, 5.74) is 2.06. The summed E-state index contributed by atoms with van der Waals surface area (Å²) in [5, 5.41) is 12.0. The third-order valence-corrected chi connectivity index (χ3v) is 2.84. The van der Waals surface area contributed by atoms with E-state index in [1.807, 2.05) is 32.0 Å². The molecule has 94 valence electrons. The van der Waals surface area contributed by atoms with Crippen LogP contribution in [0.15, 0.2) is 23.0 Å². The molecule has 0 bridgehead atoms. The number of fused-ring (bicyclic) bond motifs is 1. The first kappa shape index (κ1) is 12.4. The maximum Gasteiger partial charge on any atom is 0.323 e. The minimum absolute atomic E-state index is 0.189. The Labute approximate surface area is 105 Å². The highest BCUT2D eigenvalue weighted by molar-refractivity contribution is 5.74. The molecular weight excluding hydrogens is 228 g/mol. The van der Waals surface area contributed by atoms with E-state index in [1.54, 1.807) is 0 Å². The molecule has 1 heterocycles. The number of hydrogen-bond acceptors (Lipinski definition) is 3. The van der Waals surface area contributed by atoms with Gasteiger partial charge in [-0.1, -0.05) is 6.07 Å². The van der Waals surface area contributed by atoms with E-state index in [4.69, 9.17) is 5.26 Å². The van der Waals surface area contributed by atoms with E-state index in [0.717, 1.165) is 29.6 Å². The number of aromatic amines is 2. The van der Waals surface area contributed by atoms with Crippen molar-refractivity contribution in [1.82, 2.24) is 15.3 Å². The largest absolute Gasteiger partial charge is 0.323 e. The average Bonchev–Trinajstić information content (AvgIpc) is 2.68. The summed E-state index contributed by atoms with van der Waals surface area (Å²) in [6.07, 6.45) is 0.814. The van der Waals surface area contributed by atoms with Gasteiger partial charge in [-0.2, -0.15) is 5.26 Å². The van der Waals surface area contributed by atoms with Crippen LogP contribution in [0.25, 0.3) is 11.0 Å². The van der Waals surface area contributed by atoms with Crippen molar-refractivity contribution in [3.8, 4) is 6.07 Å². The predicted molar refractivity (Wildman–Crippen MR) is 70.3 cm³/mol. The van der Waals surface area contributed by atoms with Gasteiger partial charge in [0.05, 0.1) is 17.1 Å². The molecule has 5 nitrogen and oxygen atoms in total. The molecule has 0 aliphatic carbocycles. The Morgan fingerprint density at radius 1 is 1.33 bits per heavy atom. The number of H-pyrrole nitrogens is 2. The normalized spacial score (nSPS) is 11.6. The second-order valence-electron chi connectivity index (χ2n) is 4.87. The van der Waals surface area contributed by atoms with Crippen LogP contribution in [0.2, 0.25) is 0 Å². The smallest absolute Gasteiger partial charge is 0.306 e. The Balaban J connectivity index is 2.04. The Kier molecular flexibility index (Phi) is 3.21. The van der Waals surface area contributed by atoms with E-state index in [2.05, 4.69) is 21.4 Å². The van der Waals surface area contributed by atoms with Gasteiger partial charge in [0.1, 0.15) is 5.54 Å². The van der Waals surface area contributed by atoms with Crippen molar-refractivity contribution in [3.05, 3.63) is 34.2 Å². The van der Waals surface area contributed by atoms with Crippen molar-refractivity contribution in [1.29, 1.82) is 5.26 Å². The summed E-state index contributed by atoms with van der Waals surface area (Å²) in [6.45, 7) is 4.42. The van der Waals surface area contributed by atoms with Crippen LogP contribution in [0.1, 0.15) is 19.4 Å². The summed E-state index contributed by atoms with van der Waals surface area (Å²) in [7, 11) is 0. The first-order valence-corrected chi connectivity index (χ1v) is 5.87. The van der Waals surface area contributed by atoms with Crippen molar-refractivity contribution in [2.75, 3.05) is 6.54 Å². The van der Waals surface area contributed by atoms with Crippen LogP contribution in [0, 0.1) is 11.3 Å². The molecule has 3 N–H and O–H groups in total. The molecule has 1 aromatic heterocycles. The van der Waals surface area contributed by atoms with Crippen LogP contribution >= 0.6 is 0 Å². The SMILES string of the molecule is CC(C)(C#N)NCCc1ccc2[nH]c(=O)[nH]c2c1. The quantitative estimate of drug-likeness (QED) is 0.757. The molecule has 5 heteroatoms. The Morgan fingerprint density at radius 2 is 2.06 bits per heavy atom. The molecule has 0 atom stereocenters. The maximum absolute atomic E-state index is 11.1. The molecule has 0 spiro atoms. The van der Waals surface area contributed by atoms with Gasteiger partial charge in [-0.05, 0) is 38.0 Å². The molecule has 0 radical (unpaired) electrons. The number of imidazole rings is 1. The monoisotopic (exact) mass is 244 g/mol. The van der Waals surface area contributed by atoms with Gasteiger partial charge < -0.3 is 9.97 Å². The van der Waals surface area contributed by atoms with Crippen molar-refractivity contribution in [2.24, 2.45) is 0 Å². The molecule has 0 saturated carbocycles. The predicted octanol–water partition coefficient (Wildman–Crippen LogP) is 1.29. The van der Waals surface area contributed by atoms with E-state index in [1.165, 1.54) is 0 Å². The van der Waals surface area contributed by atoms with Gasteiger partial charge in [-0.25, -0.2) is 4.79 Å². The highest BCUT2D eigenvalue weighted by Crippen LogP contribution is 2.10. The number of nitriles is 1. The van der Waals surface area contributed by atoms with Crippen LogP contribution in [-0.4, -0.2) is 22.1 Å². The third kappa shape index (κ3) is 2.79. The Morgan fingerprint density at radius 3 is 2.78 bits per heavy atom. The molecule has 2 aromatic rings. The molecule has 2 rings (SSSR count). The first-order valence-electron chi connectivity index (χ1n) is 5.87. The van der Waals surface area contributed by atoms with Gasteiger partial charge in [-0.15, -0.1) is 0 Å². The summed E-state index contributed by atoms with van der Waals surface area (Å²) >= 11 is 0. The van der Waals surface area contributed by atoms with Crippen LogP contribution in [0.5, 0.6) is 0 Å². The van der Waals surface area contributed by atoms with E-state index in [-0.39, 0.29) is 5.69 Å². The van der Waals surface area contributed by atoms with Crippen molar-refractivity contribution in [2.45, 2.75) is 25.8 Å². The van der Waals surface area contributed by atoms with Crippen LogP contribution in [0.4, 0.5) is 0 Å². The van der Waals surface area contributed by atoms with Crippen LogP contribution in [0.3, 0.4) is 0 Å². The maximum atomic E-state index is 11.1. The number of hydrogen-bond donors (Lipinski definition) is 3. The summed E-state index contributed by atoms with van der Waals surface area (Å²) in [4.78, 5) is 16.6. The minimum atomic E-state index is -0.507. The lowest BCUT2D eigenvalue weighted by molar-refractivity contribution is 0.490. The lowest BCUT2D eigenvalue weighted by atomic mass is 10.1. The lowest BCUT2D eigenvalue weighted by Gasteiger charge is -2.17. The summed E-state index contributed by atoms with van der Waals surface area (Å²) in [5.74, 6) is 0. The Bertz CT molecular complexity index is 645. The van der Waals surface area contributed by atoms with Crippen molar-refractivity contribution >= 4 is 11.0 Å². The fourth-order valence-corrected chi connectivity index (χ4v) is 1.79. The molecule has 0 unspecified atom stereocenters. The zero-order valence-electron chi connectivity index (χ0n) is 10.5. The highest BCUT2D eigenvalue weighted by atomic mass is 16.1. The van der Waals surface area contributed by atoms with Crippen molar-refractivity contribution in [3.63, 3.8) is 0 Å². The van der Waals surface area contributed by atoms with E-state index >= 15 is 0 Å². The molecular formula is C13H16N4O. The number of nitrogens with zero attached hydrogens (tertiary/aromatic N) is 1. The van der Waals surface area contributed by atoms with Gasteiger partial charge in [0.25, 0.3) is 0 Å². The zero-order chi connectivity index (χ0) is 13.2. The first-order chi connectivity index (χ1) is 8.50. The lowest BCUT2D eigenvalue weighted by Crippen LogP contribution is -2.38. The number of rotatable bonds is 4. The second kappa shape index (κ2) is 4.67. The number of nitrogens with one attached hydrogen (secondary N) is 3. The molecule has 1 aromatic carbocycles. The number of benzene rings is 1. The minimum Gasteiger partial charge on any atom is -0.306 e. The summed E-state index contributed by atoms with van der Waals surface area (Å²) < 4.78 is 0. The van der Waals surface area contributed by atoms with Gasteiger partial charge in [0.15, 0.2) is 0 Å². The van der Waals surface area contributed by atoms with Crippen molar-refractivity contribution < 1.29 is 0 Å². The molecule has 0 fully saturated rings. The zero-order valence-corrected chi connectivity index (χ0v) is 10.5. The molecule has 0 aliphatic rings. The van der Waals surface area contributed by atoms with Gasteiger partial charge >= 0.3 is 5.69 Å². The van der Waals surface area contributed by atoms with E-state index in [0.29, 0.717) is 0 Å². The van der Waals surface area contributed by atoms with E-state index < -0.39 is 5.54 Å². The molecule has 0 saturated heterocycles. The fraction of sp³-hybridized carbons (Fsp3) is 0.385. The summed E-state index contributed by atoms with van der Waals surface area (Å²) in [6, 6.07) is 8.02. The number of aromatic nitrogens is 2. The fourth-order valence-electron chi connectivity index (χ4n) is 1.79. The van der Waals surface area contributed by atoms with Crippen LogP contribution < -0.4 is 11.0 Å². The Hall–Kier alpha value is -2.06. The molecule has 18 heavy (non-hydrogen) atoms. The van der Waals surface area contributed by atoms with Gasteiger partial charge in [-0.3, -0.25) is 5.32 Å². The average molecular weight is 244 g/mol.